The first-order valence-electron chi connectivity index (χ1n) is 10.6. The molecule has 2 aromatic heterocycles. The molecule has 1 fully saturated rings. The van der Waals surface area contributed by atoms with Gasteiger partial charge in [0.05, 0.1) is 24.3 Å². The lowest BCUT2D eigenvalue weighted by Crippen LogP contribution is -2.43. The number of benzene rings is 1. The number of hydrogen-bond acceptors (Lipinski definition) is 4. The molecule has 1 aromatic carbocycles. The van der Waals surface area contributed by atoms with Gasteiger partial charge in [-0.2, -0.15) is 0 Å². The molecule has 6 heteroatoms. The number of nitrogens with zero attached hydrogens (tertiary/aromatic N) is 2. The minimum absolute atomic E-state index is 0.0688. The van der Waals surface area contributed by atoms with Crippen LogP contribution in [0.2, 0.25) is 0 Å². The number of piperidine rings is 1. The van der Waals surface area contributed by atoms with Gasteiger partial charge < -0.3 is 18.6 Å². The Balaban J connectivity index is 1.65. The molecule has 1 atom stereocenters. The molecule has 1 unspecified atom stereocenters. The number of likely N-dealkylation sites (tertiary alicyclic amines) is 1. The molecule has 0 bridgehead atoms. The van der Waals surface area contributed by atoms with Crippen LogP contribution in [0, 0.1) is 19.8 Å². The highest BCUT2D eigenvalue weighted by Crippen LogP contribution is 2.27. The minimum Gasteiger partial charge on any atom is -0.466 e. The van der Waals surface area contributed by atoms with Crippen LogP contribution in [0.5, 0.6) is 0 Å². The van der Waals surface area contributed by atoms with Crippen LogP contribution in [0.1, 0.15) is 46.9 Å². The number of rotatable bonds is 5. The Hall–Kier alpha value is -3.02. The Morgan fingerprint density at radius 2 is 2.03 bits per heavy atom. The summed E-state index contributed by atoms with van der Waals surface area (Å²) in [6.45, 7) is 7.95. The monoisotopic (exact) mass is 408 g/mol. The summed E-state index contributed by atoms with van der Waals surface area (Å²) in [4.78, 5) is 27.4. The normalized spacial score (nSPS) is 16.8. The summed E-state index contributed by atoms with van der Waals surface area (Å²) in [6, 6.07) is 10.1. The molecule has 3 aromatic rings. The fourth-order valence-corrected chi connectivity index (χ4v) is 4.24. The second-order valence-electron chi connectivity index (χ2n) is 8.06. The molecule has 0 radical (unpaired) electrons. The van der Waals surface area contributed by atoms with Gasteiger partial charge in [-0.05, 0) is 44.7 Å². The lowest BCUT2D eigenvalue weighted by Gasteiger charge is -2.31. The average molecular weight is 408 g/mol. The molecule has 1 amide bonds. The summed E-state index contributed by atoms with van der Waals surface area (Å²) < 4.78 is 12.8. The summed E-state index contributed by atoms with van der Waals surface area (Å²) in [7, 11) is 0. The number of carbonyl (C=O) groups excluding carboxylic acids is 2. The molecule has 6 nitrogen and oxygen atoms in total. The van der Waals surface area contributed by atoms with Gasteiger partial charge in [0, 0.05) is 31.8 Å². The maximum atomic E-state index is 13.5. The molecule has 158 valence electrons. The Morgan fingerprint density at radius 1 is 1.20 bits per heavy atom. The van der Waals surface area contributed by atoms with Gasteiger partial charge in [0.1, 0.15) is 5.69 Å². The summed E-state index contributed by atoms with van der Waals surface area (Å²) in [5.74, 6) is -0.539. The molecule has 0 aliphatic carbocycles. The van der Waals surface area contributed by atoms with E-state index in [2.05, 4.69) is 32.0 Å². The van der Waals surface area contributed by atoms with Crippen molar-refractivity contribution in [2.24, 2.45) is 5.92 Å². The molecule has 3 heterocycles. The summed E-state index contributed by atoms with van der Waals surface area (Å²) in [6.07, 6.45) is 3.20. The van der Waals surface area contributed by atoms with Gasteiger partial charge in [0.25, 0.3) is 5.91 Å². The topological polar surface area (TPSA) is 64.7 Å². The number of carbonyl (C=O) groups is 2. The molecule has 0 N–H and O–H groups in total. The van der Waals surface area contributed by atoms with Crippen molar-refractivity contribution in [3.8, 4) is 0 Å². The molecule has 4 rings (SSSR count). The zero-order valence-electron chi connectivity index (χ0n) is 17.8. The fourth-order valence-electron chi connectivity index (χ4n) is 4.24. The van der Waals surface area contributed by atoms with E-state index in [4.69, 9.17) is 9.15 Å². The van der Waals surface area contributed by atoms with E-state index in [0.29, 0.717) is 37.5 Å². The number of ether oxygens (including phenoxy) is 1. The predicted molar refractivity (Wildman–Crippen MR) is 114 cm³/mol. The maximum absolute atomic E-state index is 13.5. The van der Waals surface area contributed by atoms with Gasteiger partial charge in [0.2, 0.25) is 0 Å². The van der Waals surface area contributed by atoms with E-state index in [9.17, 15) is 9.59 Å². The molecule has 1 aliphatic rings. The van der Waals surface area contributed by atoms with Crippen LogP contribution < -0.4 is 0 Å². The average Bonchev–Trinajstić information content (AvgIpc) is 3.33. The van der Waals surface area contributed by atoms with Crippen LogP contribution in [0.25, 0.3) is 11.1 Å². The molecular formula is C24H28N2O4. The maximum Gasteiger partial charge on any atom is 0.310 e. The fraction of sp³-hybridized carbons (Fsp3) is 0.417. The molecule has 0 saturated carbocycles. The van der Waals surface area contributed by atoms with Crippen molar-refractivity contribution in [1.29, 1.82) is 0 Å². The van der Waals surface area contributed by atoms with Crippen molar-refractivity contribution < 1.29 is 18.7 Å². The minimum atomic E-state index is -0.256. The van der Waals surface area contributed by atoms with E-state index in [-0.39, 0.29) is 17.8 Å². The van der Waals surface area contributed by atoms with E-state index in [1.165, 1.54) is 16.7 Å². The second-order valence-corrected chi connectivity index (χ2v) is 8.06. The number of fused-ring (bicyclic) bond motifs is 1. The highest BCUT2D eigenvalue weighted by Gasteiger charge is 2.31. The first kappa shape index (κ1) is 20.3. The smallest absolute Gasteiger partial charge is 0.310 e. The highest BCUT2D eigenvalue weighted by atomic mass is 16.5. The van der Waals surface area contributed by atoms with E-state index >= 15 is 0 Å². The first-order chi connectivity index (χ1) is 14.5. The number of furan rings is 1. The van der Waals surface area contributed by atoms with Crippen LogP contribution in [-0.4, -0.2) is 41.0 Å². The van der Waals surface area contributed by atoms with E-state index in [0.717, 1.165) is 18.4 Å². The van der Waals surface area contributed by atoms with Gasteiger partial charge in [0.15, 0.2) is 5.58 Å². The van der Waals surface area contributed by atoms with Gasteiger partial charge in [-0.15, -0.1) is 0 Å². The second kappa shape index (κ2) is 8.38. The SMILES string of the molecule is CCOC(=O)C1CCCN(C(=O)c2cc3occc3n2Cc2cc(C)ccc2C)C1. The molecule has 0 spiro atoms. The Morgan fingerprint density at radius 3 is 2.83 bits per heavy atom. The summed E-state index contributed by atoms with van der Waals surface area (Å²) in [5, 5.41) is 0. The molecular weight excluding hydrogens is 380 g/mol. The van der Waals surface area contributed by atoms with Gasteiger partial charge in [-0.3, -0.25) is 9.59 Å². The Bertz CT molecular complexity index is 1080. The van der Waals surface area contributed by atoms with Gasteiger partial charge in [-0.25, -0.2) is 0 Å². The largest absolute Gasteiger partial charge is 0.466 e. The number of amides is 1. The van der Waals surface area contributed by atoms with Crippen LogP contribution in [0.3, 0.4) is 0 Å². The third-order valence-corrected chi connectivity index (χ3v) is 5.90. The molecule has 1 saturated heterocycles. The lowest BCUT2D eigenvalue weighted by atomic mass is 9.98. The summed E-state index contributed by atoms with van der Waals surface area (Å²) in [5.41, 5.74) is 5.73. The predicted octanol–water partition coefficient (Wildman–Crippen LogP) is 4.31. The Labute approximate surface area is 176 Å². The van der Waals surface area contributed by atoms with Gasteiger partial charge in [-0.1, -0.05) is 23.8 Å². The van der Waals surface area contributed by atoms with Crippen molar-refractivity contribution in [3.63, 3.8) is 0 Å². The third-order valence-electron chi connectivity index (χ3n) is 5.90. The van der Waals surface area contributed by atoms with Crippen LogP contribution in [0.15, 0.2) is 41.0 Å². The highest BCUT2D eigenvalue weighted by molar-refractivity contribution is 5.98. The van der Waals surface area contributed by atoms with E-state index in [1.807, 2.05) is 16.7 Å². The number of hydrogen-bond donors (Lipinski definition) is 0. The van der Waals surface area contributed by atoms with Crippen molar-refractivity contribution >= 4 is 23.0 Å². The van der Waals surface area contributed by atoms with E-state index in [1.54, 1.807) is 18.1 Å². The number of aromatic nitrogens is 1. The van der Waals surface area contributed by atoms with Crippen LogP contribution in [-0.2, 0) is 16.1 Å². The zero-order chi connectivity index (χ0) is 21.3. The van der Waals surface area contributed by atoms with E-state index < -0.39 is 0 Å². The van der Waals surface area contributed by atoms with Gasteiger partial charge >= 0.3 is 5.97 Å². The Kier molecular flexibility index (Phi) is 5.66. The number of esters is 1. The quantitative estimate of drug-likeness (QED) is 0.590. The first-order valence-corrected chi connectivity index (χ1v) is 10.6. The molecule has 30 heavy (non-hydrogen) atoms. The number of aryl methyl sites for hydroxylation is 2. The van der Waals surface area contributed by atoms with Crippen LogP contribution >= 0.6 is 0 Å². The third kappa shape index (κ3) is 3.86. The zero-order valence-corrected chi connectivity index (χ0v) is 17.8. The van der Waals surface area contributed by atoms with Crippen molar-refractivity contribution in [1.82, 2.24) is 9.47 Å². The standard InChI is InChI=1S/C24H28N2O4/c1-4-29-24(28)18-6-5-10-25(14-18)23(27)21-13-22-20(9-11-30-22)26(21)15-19-12-16(2)7-8-17(19)3/h7-9,11-13,18H,4-6,10,14-15H2,1-3H3. The summed E-state index contributed by atoms with van der Waals surface area (Å²) >= 11 is 0. The molecule has 1 aliphatic heterocycles. The van der Waals surface area contributed by atoms with Crippen molar-refractivity contribution in [2.45, 2.75) is 40.2 Å². The van der Waals surface area contributed by atoms with Crippen LogP contribution in [0.4, 0.5) is 0 Å². The van der Waals surface area contributed by atoms with Crippen molar-refractivity contribution in [3.05, 3.63) is 59.0 Å². The lowest BCUT2D eigenvalue weighted by molar-refractivity contribution is -0.149. The van der Waals surface area contributed by atoms with Crippen molar-refractivity contribution in [2.75, 3.05) is 19.7 Å².